The lowest BCUT2D eigenvalue weighted by Crippen LogP contribution is -2.23. The fourth-order valence-corrected chi connectivity index (χ4v) is 3.07. The molecule has 0 radical (unpaired) electrons. The number of carbonyl (C=O) groups excluding carboxylic acids is 1. The van der Waals surface area contributed by atoms with E-state index in [0.717, 1.165) is 4.47 Å². The van der Waals surface area contributed by atoms with E-state index in [1.54, 1.807) is 31.3 Å². The Morgan fingerprint density at radius 3 is 2.48 bits per heavy atom. The lowest BCUT2D eigenvalue weighted by Gasteiger charge is -2.07. The van der Waals surface area contributed by atoms with E-state index in [0.29, 0.717) is 17.9 Å². The predicted octanol–water partition coefficient (Wildman–Crippen LogP) is 2.33. The number of anilines is 1. The van der Waals surface area contributed by atoms with Crippen LogP contribution in [0.4, 0.5) is 5.69 Å². The Morgan fingerprint density at radius 2 is 1.95 bits per heavy atom. The monoisotopic (exact) mass is 371 g/mol. The van der Waals surface area contributed by atoms with Crippen LogP contribution in [0.15, 0.2) is 45.9 Å². The number of amides is 1. The van der Waals surface area contributed by atoms with Crippen molar-refractivity contribution in [2.24, 2.45) is 0 Å². The number of hydrogen-bond donors (Lipinski definition) is 3. The largest absolute Gasteiger partial charge is 0.356 e. The summed E-state index contributed by atoms with van der Waals surface area (Å²) in [7, 11) is -3.48. The summed E-state index contributed by atoms with van der Waals surface area (Å²) in [6.07, 6.45) is 1.65. The average molecular weight is 372 g/mol. The predicted molar refractivity (Wildman–Crippen MR) is 83.8 cm³/mol. The third-order valence-corrected chi connectivity index (χ3v) is 4.67. The number of rotatable bonds is 5. The molecule has 1 aromatic carbocycles. The molecule has 3 N–H and O–H groups in total. The second kappa shape index (κ2) is 6.42. The number of aromatic amines is 1. The van der Waals surface area contributed by atoms with Crippen LogP contribution in [0.1, 0.15) is 17.4 Å². The molecule has 112 valence electrons. The summed E-state index contributed by atoms with van der Waals surface area (Å²) >= 11 is 3.25. The van der Waals surface area contributed by atoms with Crippen LogP contribution in [0.5, 0.6) is 0 Å². The molecule has 0 saturated heterocycles. The van der Waals surface area contributed by atoms with Gasteiger partial charge in [-0.3, -0.25) is 4.79 Å². The summed E-state index contributed by atoms with van der Waals surface area (Å²) in [6, 6.07) is 7.62. The van der Waals surface area contributed by atoms with Gasteiger partial charge < -0.3 is 10.3 Å². The molecule has 0 aliphatic carbocycles. The molecule has 8 heteroatoms. The molecule has 2 rings (SSSR count). The number of carbonyl (C=O) groups is 1. The second-order valence-corrected chi connectivity index (χ2v) is 6.89. The topological polar surface area (TPSA) is 91.1 Å². The molecule has 1 amide bonds. The van der Waals surface area contributed by atoms with Crippen LogP contribution in [0.3, 0.4) is 0 Å². The van der Waals surface area contributed by atoms with E-state index in [2.05, 4.69) is 31.0 Å². The fraction of sp³-hybridized carbons (Fsp3) is 0.154. The molecular formula is C13H14BrN3O3S. The Kier molecular flexibility index (Phi) is 4.81. The van der Waals surface area contributed by atoms with Crippen molar-refractivity contribution in [3.05, 3.63) is 46.7 Å². The molecule has 0 unspecified atom stereocenters. The van der Waals surface area contributed by atoms with Gasteiger partial charge in [0.25, 0.3) is 5.91 Å². The second-order valence-electron chi connectivity index (χ2n) is 4.21. The van der Waals surface area contributed by atoms with Gasteiger partial charge >= 0.3 is 0 Å². The lowest BCUT2D eigenvalue weighted by molar-refractivity contribution is 0.102. The first-order valence-electron chi connectivity index (χ1n) is 6.17. The quantitative estimate of drug-likeness (QED) is 0.752. The van der Waals surface area contributed by atoms with Gasteiger partial charge in [-0.05, 0) is 46.3 Å². The lowest BCUT2D eigenvalue weighted by atomic mass is 10.3. The summed E-state index contributed by atoms with van der Waals surface area (Å²) in [5.41, 5.74) is 0.924. The van der Waals surface area contributed by atoms with E-state index >= 15 is 0 Å². The van der Waals surface area contributed by atoms with Gasteiger partial charge in [0.15, 0.2) is 0 Å². The maximum Gasteiger partial charge on any atom is 0.272 e. The average Bonchev–Trinajstić information content (AvgIpc) is 2.86. The molecule has 21 heavy (non-hydrogen) atoms. The molecule has 0 atom stereocenters. The third-order valence-electron chi connectivity index (χ3n) is 2.65. The maximum atomic E-state index is 11.9. The first kappa shape index (κ1) is 15.7. The van der Waals surface area contributed by atoms with E-state index in [1.165, 1.54) is 12.1 Å². The Bertz CT molecular complexity index is 738. The molecule has 0 spiro atoms. The minimum atomic E-state index is -3.48. The molecule has 0 aliphatic rings. The zero-order chi connectivity index (χ0) is 15.5. The zero-order valence-corrected chi connectivity index (χ0v) is 13.6. The van der Waals surface area contributed by atoms with E-state index in [1.807, 2.05) is 0 Å². The molecule has 1 heterocycles. The van der Waals surface area contributed by atoms with Crippen LogP contribution >= 0.6 is 15.9 Å². The van der Waals surface area contributed by atoms with Gasteiger partial charge in [0.05, 0.1) is 4.90 Å². The molecular weight excluding hydrogens is 358 g/mol. The maximum absolute atomic E-state index is 11.9. The highest BCUT2D eigenvalue weighted by molar-refractivity contribution is 9.10. The summed E-state index contributed by atoms with van der Waals surface area (Å²) in [4.78, 5) is 14.9. The Hall–Kier alpha value is -1.64. The highest BCUT2D eigenvalue weighted by atomic mass is 79.9. The molecule has 6 nitrogen and oxygen atoms in total. The number of halogens is 1. The van der Waals surface area contributed by atoms with Crippen molar-refractivity contribution in [1.82, 2.24) is 9.71 Å². The number of sulfonamides is 1. The van der Waals surface area contributed by atoms with E-state index in [9.17, 15) is 13.2 Å². The van der Waals surface area contributed by atoms with Crippen LogP contribution in [0.25, 0.3) is 0 Å². The Morgan fingerprint density at radius 1 is 1.29 bits per heavy atom. The number of H-pyrrole nitrogens is 1. The molecule has 0 bridgehead atoms. The Labute approximate surface area is 131 Å². The standard InChI is InChI=1S/C13H14BrN3O3S/c1-2-16-21(19,20)11-5-3-10(4-6-11)17-13(18)12-7-9(14)8-15-12/h3-8,15-16H,2H2,1H3,(H,17,18). The van der Waals surface area contributed by atoms with Crippen LogP contribution in [0, 0.1) is 0 Å². The molecule has 0 saturated carbocycles. The number of benzene rings is 1. The van der Waals surface area contributed by atoms with Crippen LogP contribution < -0.4 is 10.0 Å². The van der Waals surface area contributed by atoms with Gasteiger partial charge in [0.2, 0.25) is 10.0 Å². The molecule has 0 fully saturated rings. The van der Waals surface area contributed by atoms with Crippen LogP contribution in [-0.2, 0) is 10.0 Å². The number of aromatic nitrogens is 1. The van der Waals surface area contributed by atoms with E-state index < -0.39 is 10.0 Å². The highest BCUT2D eigenvalue weighted by Gasteiger charge is 2.13. The van der Waals surface area contributed by atoms with E-state index in [-0.39, 0.29) is 10.8 Å². The molecule has 0 aliphatic heterocycles. The van der Waals surface area contributed by atoms with Crippen molar-refractivity contribution in [2.45, 2.75) is 11.8 Å². The normalized spacial score (nSPS) is 11.3. The summed E-state index contributed by atoms with van der Waals surface area (Å²) in [5, 5.41) is 2.68. The van der Waals surface area contributed by atoms with Crippen molar-refractivity contribution in [2.75, 3.05) is 11.9 Å². The zero-order valence-electron chi connectivity index (χ0n) is 11.2. The fourth-order valence-electron chi connectivity index (χ4n) is 1.69. The van der Waals surface area contributed by atoms with Crippen LogP contribution in [-0.4, -0.2) is 25.9 Å². The van der Waals surface area contributed by atoms with Crippen molar-refractivity contribution >= 4 is 37.5 Å². The molecule has 1 aromatic heterocycles. The van der Waals surface area contributed by atoms with Gasteiger partial charge in [-0.25, -0.2) is 13.1 Å². The Balaban J connectivity index is 2.11. The molecule has 2 aromatic rings. The van der Waals surface area contributed by atoms with E-state index in [4.69, 9.17) is 0 Å². The summed E-state index contributed by atoms with van der Waals surface area (Å²) < 4.78 is 26.7. The minimum Gasteiger partial charge on any atom is -0.356 e. The van der Waals surface area contributed by atoms with Crippen molar-refractivity contribution in [3.63, 3.8) is 0 Å². The van der Waals surface area contributed by atoms with Crippen molar-refractivity contribution in [3.8, 4) is 0 Å². The van der Waals surface area contributed by atoms with Gasteiger partial charge in [0, 0.05) is 22.9 Å². The van der Waals surface area contributed by atoms with Crippen molar-refractivity contribution < 1.29 is 13.2 Å². The SMILES string of the molecule is CCNS(=O)(=O)c1ccc(NC(=O)c2cc(Br)c[nH]2)cc1. The smallest absolute Gasteiger partial charge is 0.272 e. The summed E-state index contributed by atoms with van der Waals surface area (Å²) in [6.45, 7) is 2.03. The number of nitrogens with one attached hydrogen (secondary N) is 3. The van der Waals surface area contributed by atoms with Gasteiger partial charge in [0.1, 0.15) is 5.69 Å². The van der Waals surface area contributed by atoms with Crippen molar-refractivity contribution in [1.29, 1.82) is 0 Å². The van der Waals surface area contributed by atoms with Gasteiger partial charge in [-0.1, -0.05) is 6.92 Å². The highest BCUT2D eigenvalue weighted by Crippen LogP contribution is 2.16. The first-order chi connectivity index (χ1) is 9.92. The first-order valence-corrected chi connectivity index (χ1v) is 8.45. The van der Waals surface area contributed by atoms with Crippen LogP contribution in [0.2, 0.25) is 0 Å². The van der Waals surface area contributed by atoms with Gasteiger partial charge in [-0.2, -0.15) is 0 Å². The summed E-state index contributed by atoms with van der Waals surface area (Å²) in [5.74, 6) is -0.303. The third kappa shape index (κ3) is 3.93. The number of hydrogen-bond acceptors (Lipinski definition) is 3. The van der Waals surface area contributed by atoms with Gasteiger partial charge in [-0.15, -0.1) is 0 Å². The minimum absolute atomic E-state index is 0.157.